The highest BCUT2D eigenvalue weighted by atomic mass is 19.2. The van der Waals surface area contributed by atoms with Crippen molar-refractivity contribution in [1.29, 1.82) is 0 Å². The number of aromatic nitrogens is 6. The lowest BCUT2D eigenvalue weighted by molar-refractivity contribution is -0.216. The Morgan fingerprint density at radius 1 is 1.14 bits per heavy atom. The second kappa shape index (κ2) is 9.56. The Bertz CT molecular complexity index is 1230. The molecule has 36 heavy (non-hydrogen) atoms. The van der Waals surface area contributed by atoms with Crippen LogP contribution >= 0.6 is 0 Å². The third-order valence-electron chi connectivity index (χ3n) is 6.97. The largest absolute Gasteiger partial charge is 0.394 e. The zero-order chi connectivity index (χ0) is 25.6. The summed E-state index contributed by atoms with van der Waals surface area (Å²) in [5.74, 6) is -1.99. The monoisotopic (exact) mass is 506 g/mol. The van der Waals surface area contributed by atoms with Crippen LogP contribution in [0.3, 0.4) is 0 Å². The molecule has 2 N–H and O–H groups in total. The Morgan fingerprint density at radius 3 is 2.58 bits per heavy atom. The lowest BCUT2D eigenvalue weighted by Crippen LogP contribution is -2.57. The number of benzene rings is 1. The van der Waals surface area contributed by atoms with E-state index >= 15 is 0 Å². The number of hydrogen-bond donors (Lipinski definition) is 2. The number of nitrogens with zero attached hydrogens (tertiary/aromatic N) is 6. The third-order valence-corrected chi connectivity index (χ3v) is 6.97. The number of halogens is 2. The molecule has 0 amide bonds. The van der Waals surface area contributed by atoms with Crippen molar-refractivity contribution in [3.05, 3.63) is 47.4 Å². The van der Waals surface area contributed by atoms with E-state index in [9.17, 15) is 19.0 Å². The van der Waals surface area contributed by atoms with E-state index < -0.39 is 48.7 Å². The van der Waals surface area contributed by atoms with Gasteiger partial charge in [-0.15, -0.1) is 10.2 Å². The highest BCUT2D eigenvalue weighted by Gasteiger charge is 2.47. The number of ether oxygens (including phenoxy) is 3. The first-order valence-corrected chi connectivity index (χ1v) is 11.6. The summed E-state index contributed by atoms with van der Waals surface area (Å²) in [5.41, 5.74) is 0.807. The molecule has 5 atom stereocenters. The molecule has 3 aromatic rings. The fourth-order valence-corrected chi connectivity index (χ4v) is 4.71. The Labute approximate surface area is 205 Å². The zero-order valence-electron chi connectivity index (χ0n) is 20.1. The predicted octanol–water partition coefficient (Wildman–Crippen LogP) is 0.788. The quantitative estimate of drug-likeness (QED) is 0.478. The number of methoxy groups -OCH3 is 1. The number of rotatable bonds is 7. The first kappa shape index (κ1) is 24.8. The maximum Gasteiger partial charge on any atom is 0.168 e. The molecule has 1 aromatic carbocycles. The molecule has 2 aliphatic heterocycles. The molecule has 2 fully saturated rings. The van der Waals surface area contributed by atoms with Gasteiger partial charge >= 0.3 is 0 Å². The SMILES string of the molecule is CO[C@@H]1[C@@H](n2cc(-c3ccc(C)c(F)c3F)nn2)[C@@H](O)[C@@H](CO)O[C@@H]1Cn1cc(C2(C)COC2)nn1. The molecule has 0 aliphatic carbocycles. The van der Waals surface area contributed by atoms with Crippen molar-refractivity contribution in [2.75, 3.05) is 26.9 Å². The fraction of sp³-hybridized carbons (Fsp3) is 0.565. The van der Waals surface area contributed by atoms with Gasteiger partial charge in [-0.3, -0.25) is 0 Å². The highest BCUT2D eigenvalue weighted by molar-refractivity contribution is 5.59. The van der Waals surface area contributed by atoms with E-state index in [-0.39, 0.29) is 28.8 Å². The van der Waals surface area contributed by atoms with Crippen LogP contribution in [0.1, 0.15) is 24.2 Å². The molecule has 2 aromatic heterocycles. The van der Waals surface area contributed by atoms with Crippen LogP contribution in [-0.4, -0.2) is 91.5 Å². The molecule has 0 saturated carbocycles. The summed E-state index contributed by atoms with van der Waals surface area (Å²) < 4.78 is 48.6. The average Bonchev–Trinajstić information content (AvgIpc) is 3.52. The highest BCUT2D eigenvalue weighted by Crippen LogP contribution is 2.34. The summed E-state index contributed by atoms with van der Waals surface area (Å²) in [5, 5.41) is 37.4. The van der Waals surface area contributed by atoms with E-state index in [4.69, 9.17) is 14.2 Å². The van der Waals surface area contributed by atoms with Crippen LogP contribution < -0.4 is 0 Å². The Hall–Kier alpha value is -2.84. The average molecular weight is 507 g/mol. The normalized spacial score (nSPS) is 27.7. The first-order valence-electron chi connectivity index (χ1n) is 11.6. The second-order valence-corrected chi connectivity index (χ2v) is 9.60. The minimum absolute atomic E-state index is 0.0567. The fourth-order valence-electron chi connectivity index (χ4n) is 4.71. The maximum absolute atomic E-state index is 14.6. The lowest BCUT2D eigenvalue weighted by Gasteiger charge is -2.43. The van der Waals surface area contributed by atoms with Gasteiger partial charge in [0.25, 0.3) is 0 Å². The standard InChI is InChI=1S/C23H28F2N6O5/c1-12-4-5-13(19(25)18(12)24)14-6-31(29-26-14)20-21(33)16(9-32)36-15(22(20)34-3)7-30-8-17(27-28-30)23(2)10-35-11-23/h4-6,8,15-16,20-22,32-33H,7,9-11H2,1-3H3/t15-,16-,20+,21+,22+/m1/s1. The summed E-state index contributed by atoms with van der Waals surface area (Å²) in [7, 11) is 1.46. The summed E-state index contributed by atoms with van der Waals surface area (Å²) >= 11 is 0. The van der Waals surface area contributed by atoms with Gasteiger partial charge < -0.3 is 24.4 Å². The Morgan fingerprint density at radius 2 is 1.92 bits per heavy atom. The van der Waals surface area contributed by atoms with Gasteiger partial charge in [0, 0.05) is 18.9 Å². The molecule has 2 saturated heterocycles. The molecule has 5 rings (SSSR count). The van der Waals surface area contributed by atoms with Gasteiger partial charge in [0.2, 0.25) is 0 Å². The van der Waals surface area contributed by atoms with Crippen molar-refractivity contribution in [1.82, 2.24) is 30.0 Å². The molecule has 11 nitrogen and oxygen atoms in total. The van der Waals surface area contributed by atoms with E-state index in [0.717, 1.165) is 5.69 Å². The Kier molecular flexibility index (Phi) is 6.59. The van der Waals surface area contributed by atoms with Gasteiger partial charge in [-0.05, 0) is 25.5 Å². The van der Waals surface area contributed by atoms with E-state index in [2.05, 4.69) is 20.6 Å². The lowest BCUT2D eigenvalue weighted by atomic mass is 9.85. The van der Waals surface area contributed by atoms with Gasteiger partial charge in [-0.1, -0.05) is 16.5 Å². The van der Waals surface area contributed by atoms with Crippen molar-refractivity contribution in [2.45, 2.75) is 56.3 Å². The second-order valence-electron chi connectivity index (χ2n) is 9.60. The van der Waals surface area contributed by atoms with E-state index in [0.29, 0.717) is 13.2 Å². The molecule has 0 spiro atoms. The van der Waals surface area contributed by atoms with Crippen molar-refractivity contribution >= 4 is 0 Å². The smallest absolute Gasteiger partial charge is 0.168 e. The number of hydrogen-bond acceptors (Lipinski definition) is 9. The molecule has 2 aliphatic rings. The molecule has 4 heterocycles. The molecule has 0 unspecified atom stereocenters. The van der Waals surface area contributed by atoms with E-state index in [1.54, 1.807) is 4.68 Å². The van der Waals surface area contributed by atoms with Crippen LogP contribution in [0, 0.1) is 18.6 Å². The van der Waals surface area contributed by atoms with E-state index in [1.165, 1.54) is 37.0 Å². The van der Waals surface area contributed by atoms with Gasteiger partial charge in [0.05, 0.1) is 43.7 Å². The molecule has 194 valence electrons. The van der Waals surface area contributed by atoms with Crippen LogP contribution in [0.25, 0.3) is 11.3 Å². The number of aliphatic hydroxyl groups is 2. The molecule has 0 radical (unpaired) electrons. The van der Waals surface area contributed by atoms with Crippen LogP contribution in [0.5, 0.6) is 0 Å². The number of aryl methyl sites for hydroxylation is 1. The predicted molar refractivity (Wildman–Crippen MR) is 120 cm³/mol. The van der Waals surface area contributed by atoms with Gasteiger partial charge in [0.1, 0.15) is 36.2 Å². The zero-order valence-corrected chi connectivity index (χ0v) is 20.1. The van der Waals surface area contributed by atoms with Gasteiger partial charge in [0.15, 0.2) is 11.6 Å². The van der Waals surface area contributed by atoms with Crippen molar-refractivity contribution in [3.63, 3.8) is 0 Å². The molecular formula is C23H28F2N6O5. The van der Waals surface area contributed by atoms with Crippen molar-refractivity contribution in [2.24, 2.45) is 0 Å². The molecule has 13 heteroatoms. The first-order chi connectivity index (χ1) is 17.3. The summed E-state index contributed by atoms with van der Waals surface area (Å²) in [4.78, 5) is 0. The van der Waals surface area contributed by atoms with Crippen LogP contribution in [-0.2, 0) is 26.2 Å². The Balaban J connectivity index is 1.43. The van der Waals surface area contributed by atoms with Crippen LogP contribution in [0.15, 0.2) is 24.5 Å². The van der Waals surface area contributed by atoms with Crippen molar-refractivity contribution in [3.8, 4) is 11.3 Å². The third kappa shape index (κ3) is 4.20. The van der Waals surface area contributed by atoms with E-state index in [1.807, 2.05) is 13.1 Å². The van der Waals surface area contributed by atoms with Gasteiger partial charge in [-0.25, -0.2) is 18.1 Å². The summed E-state index contributed by atoms with van der Waals surface area (Å²) in [6.07, 6.45) is -0.339. The van der Waals surface area contributed by atoms with Crippen LogP contribution in [0.4, 0.5) is 8.78 Å². The van der Waals surface area contributed by atoms with Gasteiger partial charge in [-0.2, -0.15) is 0 Å². The minimum atomic E-state index is -1.22. The summed E-state index contributed by atoms with van der Waals surface area (Å²) in [6, 6.07) is 2.03. The minimum Gasteiger partial charge on any atom is -0.394 e. The molecular weight excluding hydrogens is 478 g/mol. The maximum atomic E-state index is 14.6. The molecule has 0 bridgehead atoms. The number of aliphatic hydroxyl groups excluding tert-OH is 2. The topological polar surface area (TPSA) is 130 Å². The summed E-state index contributed by atoms with van der Waals surface area (Å²) in [6.45, 7) is 4.40. The van der Waals surface area contributed by atoms with Crippen molar-refractivity contribution < 1.29 is 33.2 Å². The van der Waals surface area contributed by atoms with Crippen LogP contribution in [0.2, 0.25) is 0 Å².